The van der Waals surface area contributed by atoms with Crippen molar-refractivity contribution in [2.24, 2.45) is 0 Å². The van der Waals surface area contributed by atoms with E-state index < -0.39 is 12.1 Å². The molecule has 0 spiro atoms. The van der Waals surface area contributed by atoms with Gasteiger partial charge in [0.05, 0.1) is 25.8 Å². The maximum Gasteiger partial charge on any atom is 0.337 e. The molecule has 5 nitrogen and oxygen atoms in total. The minimum Gasteiger partial charge on any atom is -0.465 e. The number of carbonyl (C=O) groups is 2. The normalized spacial score (nSPS) is 16.3. The molecule has 1 saturated heterocycles. The van der Waals surface area contributed by atoms with Crippen molar-refractivity contribution in [2.75, 3.05) is 25.1 Å². The molecule has 0 aromatic heterocycles. The largest absolute Gasteiger partial charge is 0.465 e. The van der Waals surface area contributed by atoms with Gasteiger partial charge in [0.25, 0.3) is 0 Å². The number of halogens is 1. The molecule has 27 heavy (non-hydrogen) atoms. The summed E-state index contributed by atoms with van der Waals surface area (Å²) < 4.78 is 18.3. The predicted octanol–water partition coefficient (Wildman–Crippen LogP) is 3.95. The SMILES string of the molecule is COC(=O)c1ccc(CN(C(=O)N2CC[C@H](F)C2)c2ccc(C)cc2)cc1. The maximum absolute atomic E-state index is 13.6. The van der Waals surface area contributed by atoms with Crippen LogP contribution < -0.4 is 4.90 Å². The van der Waals surface area contributed by atoms with Crippen LogP contribution in [0.4, 0.5) is 14.9 Å². The molecule has 1 aliphatic heterocycles. The minimum absolute atomic E-state index is 0.127. The van der Waals surface area contributed by atoms with E-state index in [1.807, 2.05) is 31.2 Å². The number of likely N-dealkylation sites (tertiary alicyclic amines) is 1. The monoisotopic (exact) mass is 370 g/mol. The molecular weight excluding hydrogens is 347 g/mol. The summed E-state index contributed by atoms with van der Waals surface area (Å²) in [5, 5.41) is 0. The molecule has 2 aromatic rings. The van der Waals surface area contributed by atoms with Crippen LogP contribution in [0.1, 0.15) is 27.9 Å². The van der Waals surface area contributed by atoms with Crippen LogP contribution in [0.25, 0.3) is 0 Å². The van der Waals surface area contributed by atoms with Crippen LogP contribution in [0.5, 0.6) is 0 Å². The van der Waals surface area contributed by atoms with Crippen molar-refractivity contribution in [3.63, 3.8) is 0 Å². The summed E-state index contributed by atoms with van der Waals surface area (Å²) in [6.07, 6.45) is -0.588. The van der Waals surface area contributed by atoms with Crippen molar-refractivity contribution in [2.45, 2.75) is 26.1 Å². The summed E-state index contributed by atoms with van der Waals surface area (Å²) in [6, 6.07) is 14.4. The molecule has 1 atom stereocenters. The summed E-state index contributed by atoms with van der Waals surface area (Å²) in [5.41, 5.74) is 3.17. The van der Waals surface area contributed by atoms with Gasteiger partial charge in [-0.25, -0.2) is 14.0 Å². The first-order valence-electron chi connectivity index (χ1n) is 8.92. The highest BCUT2D eigenvalue weighted by atomic mass is 19.1. The van der Waals surface area contributed by atoms with Crippen molar-refractivity contribution in [3.05, 3.63) is 65.2 Å². The molecule has 0 aliphatic carbocycles. The van der Waals surface area contributed by atoms with Gasteiger partial charge in [-0.2, -0.15) is 0 Å². The number of ether oxygens (including phenoxy) is 1. The second kappa shape index (κ2) is 8.20. The third kappa shape index (κ3) is 4.45. The molecular formula is C21H23FN2O3. The van der Waals surface area contributed by atoms with Crippen LogP contribution in [-0.4, -0.2) is 43.3 Å². The van der Waals surface area contributed by atoms with Gasteiger partial charge in [0.2, 0.25) is 0 Å². The number of urea groups is 1. The third-order valence-electron chi connectivity index (χ3n) is 4.69. The van der Waals surface area contributed by atoms with Gasteiger partial charge in [-0.3, -0.25) is 4.90 Å². The molecule has 0 bridgehead atoms. The Morgan fingerprint density at radius 2 is 1.81 bits per heavy atom. The molecule has 0 unspecified atom stereocenters. The van der Waals surface area contributed by atoms with Crippen LogP contribution in [0, 0.1) is 6.92 Å². The van der Waals surface area contributed by atoms with Gasteiger partial charge in [0.15, 0.2) is 0 Å². The number of nitrogens with zero attached hydrogens (tertiary/aromatic N) is 2. The van der Waals surface area contributed by atoms with E-state index in [0.29, 0.717) is 25.1 Å². The molecule has 2 amide bonds. The number of carbonyl (C=O) groups excluding carboxylic acids is 2. The molecule has 1 heterocycles. The lowest BCUT2D eigenvalue weighted by Crippen LogP contribution is -2.42. The van der Waals surface area contributed by atoms with Crippen molar-refractivity contribution < 1.29 is 18.7 Å². The summed E-state index contributed by atoms with van der Waals surface area (Å²) in [7, 11) is 1.34. The number of aryl methyl sites for hydroxylation is 1. The van der Waals surface area contributed by atoms with E-state index in [1.165, 1.54) is 7.11 Å². The van der Waals surface area contributed by atoms with E-state index in [2.05, 4.69) is 0 Å². The molecule has 3 rings (SSSR count). The number of hydrogen-bond acceptors (Lipinski definition) is 3. The first-order valence-corrected chi connectivity index (χ1v) is 8.92. The molecule has 0 radical (unpaired) electrons. The first kappa shape index (κ1) is 18.9. The zero-order valence-corrected chi connectivity index (χ0v) is 15.5. The lowest BCUT2D eigenvalue weighted by Gasteiger charge is -2.28. The fourth-order valence-electron chi connectivity index (χ4n) is 3.10. The third-order valence-corrected chi connectivity index (χ3v) is 4.69. The average molecular weight is 370 g/mol. The number of hydrogen-bond donors (Lipinski definition) is 0. The number of esters is 1. The van der Waals surface area contributed by atoms with Crippen LogP contribution in [0.2, 0.25) is 0 Å². The quantitative estimate of drug-likeness (QED) is 0.766. The number of anilines is 1. The molecule has 1 aliphatic rings. The Bertz CT molecular complexity index is 805. The van der Waals surface area contributed by atoms with E-state index in [4.69, 9.17) is 4.74 Å². The second-order valence-corrected chi connectivity index (χ2v) is 6.72. The Balaban J connectivity index is 1.84. The molecule has 0 N–H and O–H groups in total. The summed E-state index contributed by atoms with van der Waals surface area (Å²) in [4.78, 5) is 27.8. The van der Waals surface area contributed by atoms with Crippen molar-refractivity contribution in [3.8, 4) is 0 Å². The minimum atomic E-state index is -0.965. The predicted molar refractivity (Wildman–Crippen MR) is 102 cm³/mol. The highest BCUT2D eigenvalue weighted by molar-refractivity contribution is 5.92. The van der Waals surface area contributed by atoms with Gasteiger partial charge in [-0.15, -0.1) is 0 Å². The fraction of sp³-hybridized carbons (Fsp3) is 0.333. The van der Waals surface area contributed by atoms with Crippen molar-refractivity contribution in [1.82, 2.24) is 4.90 Å². The summed E-state index contributed by atoms with van der Waals surface area (Å²) in [6.45, 7) is 2.86. The van der Waals surface area contributed by atoms with E-state index in [-0.39, 0.29) is 12.6 Å². The van der Waals surface area contributed by atoms with Gasteiger partial charge in [-0.1, -0.05) is 29.8 Å². The lowest BCUT2D eigenvalue weighted by molar-refractivity contribution is 0.0600. The van der Waals surface area contributed by atoms with Gasteiger partial charge in [0, 0.05) is 12.2 Å². The Hall–Kier alpha value is -2.89. The van der Waals surface area contributed by atoms with Crippen molar-refractivity contribution in [1.29, 1.82) is 0 Å². The smallest absolute Gasteiger partial charge is 0.337 e. The Morgan fingerprint density at radius 3 is 2.37 bits per heavy atom. The van der Waals surface area contributed by atoms with Crippen LogP contribution in [0.15, 0.2) is 48.5 Å². The number of benzene rings is 2. The highest BCUT2D eigenvalue weighted by Crippen LogP contribution is 2.23. The maximum atomic E-state index is 13.6. The summed E-state index contributed by atoms with van der Waals surface area (Å²) >= 11 is 0. The topological polar surface area (TPSA) is 49.9 Å². The fourth-order valence-corrected chi connectivity index (χ4v) is 3.10. The highest BCUT2D eigenvalue weighted by Gasteiger charge is 2.30. The Labute approximate surface area is 158 Å². The van der Waals surface area contributed by atoms with E-state index in [1.54, 1.807) is 34.1 Å². The van der Waals surface area contributed by atoms with Crippen molar-refractivity contribution >= 4 is 17.7 Å². The number of rotatable bonds is 4. The Kier molecular flexibility index (Phi) is 5.74. The summed E-state index contributed by atoms with van der Waals surface area (Å²) in [5.74, 6) is -0.404. The number of alkyl halides is 1. The van der Waals surface area contributed by atoms with Gasteiger partial charge < -0.3 is 9.64 Å². The lowest BCUT2D eigenvalue weighted by atomic mass is 10.1. The number of amides is 2. The van der Waals surface area contributed by atoms with Gasteiger partial charge in [-0.05, 0) is 43.2 Å². The van der Waals surface area contributed by atoms with Crippen LogP contribution in [-0.2, 0) is 11.3 Å². The zero-order valence-electron chi connectivity index (χ0n) is 15.5. The molecule has 0 saturated carbocycles. The zero-order chi connectivity index (χ0) is 19.4. The Morgan fingerprint density at radius 1 is 1.15 bits per heavy atom. The average Bonchev–Trinajstić information content (AvgIpc) is 3.12. The first-order chi connectivity index (χ1) is 13.0. The molecule has 1 fully saturated rings. The standard InChI is InChI=1S/C21H23FN2O3/c1-15-3-9-19(10-4-15)24(21(26)23-12-11-18(22)14-23)13-16-5-7-17(8-6-16)20(25)27-2/h3-10,18H,11-14H2,1-2H3/t18-/m0/s1. The second-order valence-electron chi connectivity index (χ2n) is 6.72. The molecule has 2 aromatic carbocycles. The van der Waals surface area contributed by atoms with E-state index in [0.717, 1.165) is 16.8 Å². The van der Waals surface area contributed by atoms with Gasteiger partial charge >= 0.3 is 12.0 Å². The molecule has 142 valence electrons. The van der Waals surface area contributed by atoms with E-state index in [9.17, 15) is 14.0 Å². The number of methoxy groups -OCH3 is 1. The van der Waals surface area contributed by atoms with E-state index >= 15 is 0 Å². The van der Waals surface area contributed by atoms with Gasteiger partial charge in [0.1, 0.15) is 6.17 Å². The van der Waals surface area contributed by atoms with Crippen LogP contribution >= 0.6 is 0 Å². The van der Waals surface area contributed by atoms with Crippen LogP contribution in [0.3, 0.4) is 0 Å². The molecule has 6 heteroatoms.